The van der Waals surface area contributed by atoms with Crippen molar-refractivity contribution in [2.75, 3.05) is 13.2 Å². The largest absolute Gasteiger partial charge is 0.486 e. The fourth-order valence-corrected chi connectivity index (χ4v) is 2.64. The van der Waals surface area contributed by atoms with Crippen LogP contribution in [0.1, 0.15) is 22.6 Å². The van der Waals surface area contributed by atoms with Crippen LogP contribution in [0.25, 0.3) is 0 Å². The maximum Gasteiger partial charge on any atom is 0.179 e. The van der Waals surface area contributed by atoms with E-state index in [9.17, 15) is 0 Å². The normalized spacial score (nSPS) is 13.5. The molecule has 5 nitrogen and oxygen atoms in total. The highest BCUT2D eigenvalue weighted by Gasteiger charge is 2.16. The van der Waals surface area contributed by atoms with Gasteiger partial charge >= 0.3 is 0 Å². The lowest BCUT2D eigenvalue weighted by atomic mass is 10.1. The Bertz CT molecular complexity index is 635. The number of benzene rings is 1. The first-order valence-electron chi connectivity index (χ1n) is 6.85. The van der Waals surface area contributed by atoms with Gasteiger partial charge in [-0.1, -0.05) is 16.8 Å². The van der Waals surface area contributed by atoms with Crippen LogP contribution in [0.2, 0.25) is 5.02 Å². The van der Waals surface area contributed by atoms with E-state index in [1.165, 1.54) is 0 Å². The van der Waals surface area contributed by atoms with Crippen molar-refractivity contribution >= 4 is 11.6 Å². The molecule has 0 radical (unpaired) electrons. The zero-order valence-corrected chi connectivity index (χ0v) is 12.8. The minimum Gasteiger partial charge on any atom is -0.486 e. The molecule has 0 fully saturated rings. The average molecular weight is 309 g/mol. The minimum atomic E-state index is 0.538. The summed E-state index contributed by atoms with van der Waals surface area (Å²) in [5, 5.41) is 7.89. The zero-order chi connectivity index (χ0) is 14.8. The predicted molar refractivity (Wildman–Crippen MR) is 79.0 cm³/mol. The Labute approximate surface area is 128 Å². The Balaban J connectivity index is 1.67. The quantitative estimate of drug-likeness (QED) is 0.941. The molecule has 0 unspecified atom stereocenters. The summed E-state index contributed by atoms with van der Waals surface area (Å²) >= 11 is 6.22. The number of fused-ring (bicyclic) bond motifs is 1. The van der Waals surface area contributed by atoms with Crippen molar-refractivity contribution in [3.05, 3.63) is 39.7 Å². The molecule has 0 saturated heterocycles. The molecule has 0 atom stereocenters. The van der Waals surface area contributed by atoms with E-state index in [1.54, 1.807) is 0 Å². The summed E-state index contributed by atoms with van der Waals surface area (Å²) in [4.78, 5) is 0. The monoisotopic (exact) mass is 308 g/mol. The molecule has 0 spiro atoms. The molecule has 1 aliphatic heterocycles. The van der Waals surface area contributed by atoms with Crippen molar-refractivity contribution < 1.29 is 14.0 Å². The van der Waals surface area contributed by atoms with Gasteiger partial charge in [-0.05, 0) is 31.5 Å². The van der Waals surface area contributed by atoms with Crippen LogP contribution >= 0.6 is 11.6 Å². The standard InChI is InChI=1S/C15H17ClN2O3/c1-9-12(10(2)21-18-9)8-17-7-11-5-13(16)15-14(6-11)19-3-4-20-15/h5-6,17H,3-4,7-8H2,1-2H3. The molecule has 0 saturated carbocycles. The number of rotatable bonds is 4. The highest BCUT2D eigenvalue weighted by Crippen LogP contribution is 2.38. The van der Waals surface area contributed by atoms with Crippen LogP contribution in [0, 0.1) is 13.8 Å². The van der Waals surface area contributed by atoms with Crippen LogP contribution in [0.4, 0.5) is 0 Å². The molecule has 1 N–H and O–H groups in total. The van der Waals surface area contributed by atoms with Gasteiger partial charge in [0.15, 0.2) is 11.5 Å². The van der Waals surface area contributed by atoms with Crippen molar-refractivity contribution in [3.63, 3.8) is 0 Å². The minimum absolute atomic E-state index is 0.538. The Morgan fingerprint density at radius 3 is 2.76 bits per heavy atom. The van der Waals surface area contributed by atoms with E-state index in [1.807, 2.05) is 26.0 Å². The van der Waals surface area contributed by atoms with E-state index in [4.69, 9.17) is 25.6 Å². The van der Waals surface area contributed by atoms with Crippen molar-refractivity contribution in [1.82, 2.24) is 10.5 Å². The third kappa shape index (κ3) is 2.99. The van der Waals surface area contributed by atoms with Gasteiger partial charge in [0.1, 0.15) is 19.0 Å². The number of halogens is 1. The van der Waals surface area contributed by atoms with Crippen molar-refractivity contribution in [3.8, 4) is 11.5 Å². The van der Waals surface area contributed by atoms with Crippen molar-refractivity contribution in [2.24, 2.45) is 0 Å². The third-order valence-corrected chi connectivity index (χ3v) is 3.75. The summed E-state index contributed by atoms with van der Waals surface area (Å²) in [6.45, 7) is 6.33. The maximum absolute atomic E-state index is 6.22. The van der Waals surface area contributed by atoms with Crippen LogP contribution < -0.4 is 14.8 Å². The van der Waals surface area contributed by atoms with Gasteiger partial charge in [-0.2, -0.15) is 0 Å². The molecular formula is C15H17ClN2O3. The Morgan fingerprint density at radius 2 is 2.00 bits per heavy atom. The van der Waals surface area contributed by atoms with E-state index >= 15 is 0 Å². The molecule has 0 bridgehead atoms. The first-order valence-corrected chi connectivity index (χ1v) is 7.23. The molecule has 1 aliphatic rings. The fourth-order valence-electron chi connectivity index (χ4n) is 2.35. The van der Waals surface area contributed by atoms with Crippen LogP contribution in [0.5, 0.6) is 11.5 Å². The second kappa shape index (κ2) is 5.95. The summed E-state index contributed by atoms with van der Waals surface area (Å²) < 4.78 is 16.2. The van der Waals surface area contributed by atoms with Crippen LogP contribution in [-0.4, -0.2) is 18.4 Å². The van der Waals surface area contributed by atoms with E-state index in [2.05, 4.69) is 10.5 Å². The molecular weight excluding hydrogens is 292 g/mol. The summed E-state index contributed by atoms with van der Waals surface area (Å²) in [5.74, 6) is 2.19. The van der Waals surface area contributed by atoms with Gasteiger partial charge in [-0.15, -0.1) is 0 Å². The third-order valence-electron chi connectivity index (χ3n) is 3.47. The summed E-state index contributed by atoms with van der Waals surface area (Å²) in [6, 6.07) is 3.86. The SMILES string of the molecule is Cc1noc(C)c1CNCc1cc(Cl)c2c(c1)OCCO2. The average Bonchev–Trinajstić information content (AvgIpc) is 2.79. The highest BCUT2D eigenvalue weighted by molar-refractivity contribution is 6.32. The van der Waals surface area contributed by atoms with E-state index in [0.717, 1.165) is 22.6 Å². The molecule has 6 heteroatoms. The highest BCUT2D eigenvalue weighted by atomic mass is 35.5. The number of hydrogen-bond donors (Lipinski definition) is 1. The Kier molecular flexibility index (Phi) is 4.03. The smallest absolute Gasteiger partial charge is 0.179 e. The maximum atomic E-state index is 6.22. The van der Waals surface area contributed by atoms with E-state index in [-0.39, 0.29) is 0 Å². The Hall–Kier alpha value is -1.72. The van der Waals surface area contributed by atoms with Gasteiger partial charge < -0.3 is 19.3 Å². The molecule has 3 rings (SSSR count). The summed E-state index contributed by atoms with van der Waals surface area (Å²) in [7, 11) is 0. The molecule has 2 aromatic rings. The molecule has 1 aromatic carbocycles. The molecule has 21 heavy (non-hydrogen) atoms. The molecule has 0 amide bonds. The predicted octanol–water partition coefficient (Wildman–Crippen LogP) is 3.01. The van der Waals surface area contributed by atoms with Gasteiger partial charge in [-0.3, -0.25) is 0 Å². The second-order valence-corrected chi connectivity index (χ2v) is 5.42. The van der Waals surface area contributed by atoms with Gasteiger partial charge in [0.2, 0.25) is 0 Å². The topological polar surface area (TPSA) is 56.5 Å². The fraction of sp³-hybridized carbons (Fsp3) is 0.400. The Morgan fingerprint density at radius 1 is 1.19 bits per heavy atom. The van der Waals surface area contributed by atoms with Gasteiger partial charge in [0.25, 0.3) is 0 Å². The first-order chi connectivity index (χ1) is 10.1. The number of hydrogen-bond acceptors (Lipinski definition) is 5. The zero-order valence-electron chi connectivity index (χ0n) is 12.0. The number of aryl methyl sites for hydroxylation is 2. The van der Waals surface area contributed by atoms with Crippen LogP contribution in [0.15, 0.2) is 16.7 Å². The summed E-state index contributed by atoms with van der Waals surface area (Å²) in [6.07, 6.45) is 0. The van der Waals surface area contributed by atoms with E-state index in [0.29, 0.717) is 42.8 Å². The first kappa shape index (κ1) is 14.2. The number of nitrogens with one attached hydrogen (secondary N) is 1. The number of ether oxygens (including phenoxy) is 2. The van der Waals surface area contributed by atoms with Crippen LogP contribution in [-0.2, 0) is 13.1 Å². The van der Waals surface area contributed by atoms with E-state index < -0.39 is 0 Å². The van der Waals surface area contributed by atoms with Gasteiger partial charge in [0.05, 0.1) is 10.7 Å². The second-order valence-electron chi connectivity index (χ2n) is 5.01. The molecule has 1 aromatic heterocycles. The number of nitrogens with zero attached hydrogens (tertiary/aromatic N) is 1. The molecule has 0 aliphatic carbocycles. The van der Waals surface area contributed by atoms with Gasteiger partial charge in [-0.25, -0.2) is 0 Å². The molecule has 2 heterocycles. The number of aromatic nitrogens is 1. The van der Waals surface area contributed by atoms with Crippen molar-refractivity contribution in [2.45, 2.75) is 26.9 Å². The van der Waals surface area contributed by atoms with Crippen LogP contribution in [0.3, 0.4) is 0 Å². The van der Waals surface area contributed by atoms with Gasteiger partial charge in [0, 0.05) is 18.7 Å². The summed E-state index contributed by atoms with van der Waals surface area (Å²) in [5.41, 5.74) is 3.06. The lowest BCUT2D eigenvalue weighted by molar-refractivity contribution is 0.171. The lowest BCUT2D eigenvalue weighted by Crippen LogP contribution is -2.17. The molecule has 112 valence electrons. The van der Waals surface area contributed by atoms with Crippen molar-refractivity contribution in [1.29, 1.82) is 0 Å². The lowest BCUT2D eigenvalue weighted by Gasteiger charge is -2.20.